The van der Waals surface area contributed by atoms with Gasteiger partial charge in [0.15, 0.2) is 5.96 Å². The molecule has 0 radical (unpaired) electrons. The van der Waals surface area contributed by atoms with Gasteiger partial charge >= 0.3 is 0 Å². The highest BCUT2D eigenvalue weighted by Crippen LogP contribution is 2.17. The lowest BCUT2D eigenvalue weighted by atomic mass is 9.97. The van der Waals surface area contributed by atoms with E-state index in [1.165, 1.54) is 25.5 Å². The molecule has 0 bridgehead atoms. The molecule has 1 atom stereocenters. The third kappa shape index (κ3) is 6.27. The number of nitrogens with zero attached hydrogens (tertiary/aromatic N) is 2. The molecule has 0 amide bonds. The molecular weight excluding hydrogens is 322 g/mol. The van der Waals surface area contributed by atoms with Crippen molar-refractivity contribution < 1.29 is 8.78 Å². The highest BCUT2D eigenvalue weighted by molar-refractivity contribution is 5.79. The molecule has 1 fully saturated rings. The maximum absolute atomic E-state index is 13.7. The van der Waals surface area contributed by atoms with Gasteiger partial charge in [-0.15, -0.1) is 0 Å². The normalized spacial score (nSPS) is 19.3. The van der Waals surface area contributed by atoms with E-state index in [1.54, 1.807) is 0 Å². The highest BCUT2D eigenvalue weighted by atomic mass is 19.1. The molecule has 1 aromatic carbocycles. The van der Waals surface area contributed by atoms with Crippen LogP contribution in [0.4, 0.5) is 8.78 Å². The molecule has 1 saturated heterocycles. The van der Waals surface area contributed by atoms with Crippen LogP contribution in [0.25, 0.3) is 0 Å². The van der Waals surface area contributed by atoms with Crippen molar-refractivity contribution in [3.8, 4) is 0 Å². The molecule has 2 rings (SSSR count). The average molecular weight is 352 g/mol. The Balaban J connectivity index is 1.92. The van der Waals surface area contributed by atoms with Gasteiger partial charge in [0.05, 0.1) is 6.54 Å². The van der Waals surface area contributed by atoms with Gasteiger partial charge in [0.25, 0.3) is 0 Å². The number of nitrogens with one attached hydrogen (secondary N) is 2. The minimum absolute atomic E-state index is 0.113. The number of hydrogen-bond acceptors (Lipinski definition) is 2. The smallest absolute Gasteiger partial charge is 0.191 e. The Labute approximate surface area is 149 Å². The van der Waals surface area contributed by atoms with Gasteiger partial charge in [0, 0.05) is 31.2 Å². The first-order valence-electron chi connectivity index (χ1n) is 9.19. The first-order chi connectivity index (χ1) is 12.0. The summed E-state index contributed by atoms with van der Waals surface area (Å²) in [6.07, 6.45) is 2.42. The van der Waals surface area contributed by atoms with Crippen LogP contribution < -0.4 is 10.6 Å². The molecule has 140 valence electrons. The number of benzene rings is 1. The molecule has 1 heterocycles. The molecular formula is C19H30F2N4. The van der Waals surface area contributed by atoms with E-state index in [-0.39, 0.29) is 12.1 Å². The lowest BCUT2D eigenvalue weighted by molar-refractivity contribution is 0.141. The van der Waals surface area contributed by atoms with Crippen LogP contribution in [0.2, 0.25) is 0 Å². The van der Waals surface area contributed by atoms with E-state index < -0.39 is 11.6 Å². The molecule has 1 aromatic rings. The first kappa shape index (κ1) is 19.6. The second-order valence-corrected chi connectivity index (χ2v) is 6.91. The zero-order valence-electron chi connectivity index (χ0n) is 15.5. The lowest BCUT2D eigenvalue weighted by Crippen LogP contribution is -2.46. The molecule has 0 spiro atoms. The van der Waals surface area contributed by atoms with Gasteiger partial charge in [0.2, 0.25) is 0 Å². The topological polar surface area (TPSA) is 39.7 Å². The van der Waals surface area contributed by atoms with Crippen LogP contribution in [-0.4, -0.2) is 43.1 Å². The van der Waals surface area contributed by atoms with Gasteiger partial charge in [-0.1, -0.05) is 0 Å². The van der Waals surface area contributed by atoms with E-state index in [0.717, 1.165) is 31.8 Å². The van der Waals surface area contributed by atoms with Gasteiger partial charge in [-0.05, 0) is 64.3 Å². The van der Waals surface area contributed by atoms with Crippen LogP contribution in [0.5, 0.6) is 0 Å². The number of aliphatic imine (C=N–C) groups is 1. The number of guanidine groups is 1. The molecule has 0 saturated carbocycles. The molecule has 1 aliphatic rings. The van der Waals surface area contributed by atoms with Crippen molar-refractivity contribution in [2.75, 3.05) is 26.2 Å². The monoisotopic (exact) mass is 352 g/mol. The van der Waals surface area contributed by atoms with E-state index in [0.29, 0.717) is 17.9 Å². The highest BCUT2D eigenvalue weighted by Gasteiger charge is 2.21. The van der Waals surface area contributed by atoms with E-state index in [9.17, 15) is 8.78 Å². The van der Waals surface area contributed by atoms with Gasteiger partial charge < -0.3 is 15.5 Å². The Morgan fingerprint density at radius 2 is 2.12 bits per heavy atom. The van der Waals surface area contributed by atoms with Gasteiger partial charge in [-0.25, -0.2) is 13.8 Å². The van der Waals surface area contributed by atoms with Crippen LogP contribution in [-0.2, 0) is 6.54 Å². The predicted molar refractivity (Wildman–Crippen MR) is 98.6 cm³/mol. The minimum Gasteiger partial charge on any atom is -0.357 e. The predicted octanol–water partition coefficient (Wildman–Crippen LogP) is 3.14. The number of likely N-dealkylation sites (tertiary alicyclic amines) is 1. The van der Waals surface area contributed by atoms with Crippen molar-refractivity contribution in [1.29, 1.82) is 0 Å². The van der Waals surface area contributed by atoms with Crippen molar-refractivity contribution in [3.05, 3.63) is 35.4 Å². The molecule has 0 aliphatic carbocycles. The van der Waals surface area contributed by atoms with Crippen LogP contribution in [0.15, 0.2) is 23.2 Å². The lowest BCUT2D eigenvalue weighted by Gasteiger charge is -2.35. The summed E-state index contributed by atoms with van der Waals surface area (Å²) in [5.41, 5.74) is 0.265. The second kappa shape index (κ2) is 9.70. The summed E-state index contributed by atoms with van der Waals surface area (Å²) in [5, 5.41) is 6.52. The maximum Gasteiger partial charge on any atom is 0.191 e. The summed E-state index contributed by atoms with van der Waals surface area (Å²) in [4.78, 5) is 6.90. The first-order valence-corrected chi connectivity index (χ1v) is 9.19. The Kier molecular flexibility index (Phi) is 7.62. The third-order valence-electron chi connectivity index (χ3n) is 4.60. The van der Waals surface area contributed by atoms with Crippen molar-refractivity contribution >= 4 is 5.96 Å². The summed E-state index contributed by atoms with van der Waals surface area (Å²) < 4.78 is 27.0. The standard InChI is InChI=1S/C19H30F2N4/c1-4-22-19(24-12-16-10-17(20)7-8-18(16)21)23-11-15-6-5-9-25(13-15)14(2)3/h7-8,10,14-15H,4-6,9,11-13H2,1-3H3,(H2,22,23,24). The second-order valence-electron chi connectivity index (χ2n) is 6.91. The van der Waals surface area contributed by atoms with Gasteiger partial charge in [-0.3, -0.25) is 0 Å². The molecule has 1 aliphatic heterocycles. The molecule has 25 heavy (non-hydrogen) atoms. The van der Waals surface area contributed by atoms with E-state index in [4.69, 9.17) is 0 Å². The number of halogens is 2. The van der Waals surface area contributed by atoms with E-state index in [1.807, 2.05) is 6.92 Å². The molecule has 4 nitrogen and oxygen atoms in total. The van der Waals surface area contributed by atoms with Crippen molar-refractivity contribution in [2.45, 2.75) is 46.2 Å². The van der Waals surface area contributed by atoms with Crippen LogP contribution in [0, 0.1) is 17.6 Å². The minimum atomic E-state index is -0.444. The summed E-state index contributed by atoms with van der Waals surface area (Å²) in [7, 11) is 0. The van der Waals surface area contributed by atoms with Crippen LogP contribution >= 0.6 is 0 Å². The van der Waals surface area contributed by atoms with Crippen molar-refractivity contribution in [1.82, 2.24) is 15.5 Å². The Bertz CT molecular complexity index is 575. The SMILES string of the molecule is CCNC(=NCc1cc(F)ccc1F)NCC1CCCN(C(C)C)C1. The Morgan fingerprint density at radius 3 is 2.84 bits per heavy atom. The van der Waals surface area contributed by atoms with E-state index in [2.05, 4.69) is 34.4 Å². The fourth-order valence-corrected chi connectivity index (χ4v) is 3.14. The van der Waals surface area contributed by atoms with Gasteiger partial charge in [-0.2, -0.15) is 0 Å². The summed E-state index contributed by atoms with van der Waals surface area (Å²) in [6, 6.07) is 4.03. The number of rotatable bonds is 6. The third-order valence-corrected chi connectivity index (χ3v) is 4.60. The average Bonchev–Trinajstić information content (AvgIpc) is 2.60. The molecule has 0 aromatic heterocycles. The maximum atomic E-state index is 13.7. The summed E-state index contributed by atoms with van der Waals surface area (Å²) >= 11 is 0. The van der Waals surface area contributed by atoms with Crippen molar-refractivity contribution in [3.63, 3.8) is 0 Å². The summed E-state index contributed by atoms with van der Waals surface area (Å²) in [6.45, 7) is 10.4. The number of hydrogen-bond donors (Lipinski definition) is 2. The van der Waals surface area contributed by atoms with Crippen LogP contribution in [0.3, 0.4) is 0 Å². The molecule has 6 heteroatoms. The quantitative estimate of drug-likeness (QED) is 0.610. The zero-order chi connectivity index (χ0) is 18.2. The fraction of sp³-hybridized carbons (Fsp3) is 0.632. The number of piperidine rings is 1. The van der Waals surface area contributed by atoms with Crippen LogP contribution in [0.1, 0.15) is 39.2 Å². The van der Waals surface area contributed by atoms with Crippen molar-refractivity contribution in [2.24, 2.45) is 10.9 Å². The largest absolute Gasteiger partial charge is 0.357 e. The van der Waals surface area contributed by atoms with E-state index >= 15 is 0 Å². The molecule has 2 N–H and O–H groups in total. The van der Waals surface area contributed by atoms with Gasteiger partial charge in [0.1, 0.15) is 11.6 Å². The Hall–Kier alpha value is -1.69. The zero-order valence-corrected chi connectivity index (χ0v) is 15.5. The fourth-order valence-electron chi connectivity index (χ4n) is 3.14. The summed E-state index contributed by atoms with van der Waals surface area (Å²) in [5.74, 6) is 0.347. The molecule has 1 unspecified atom stereocenters. The Morgan fingerprint density at radius 1 is 1.32 bits per heavy atom.